The summed E-state index contributed by atoms with van der Waals surface area (Å²) in [4.78, 5) is 22.1. The van der Waals surface area contributed by atoms with Gasteiger partial charge in [-0.3, -0.25) is 4.79 Å². The van der Waals surface area contributed by atoms with Crippen LogP contribution in [-0.4, -0.2) is 91.5 Å². The molecule has 0 spiro atoms. The lowest BCUT2D eigenvalue weighted by atomic mass is 9.87. The van der Waals surface area contributed by atoms with Crippen molar-refractivity contribution in [1.29, 1.82) is 0 Å². The first-order chi connectivity index (χ1) is 10.1. The Morgan fingerprint density at radius 2 is 1.95 bits per heavy atom. The first kappa shape index (κ1) is 18.7. The molecule has 1 heterocycles. The van der Waals surface area contributed by atoms with Crippen LogP contribution in [0.5, 0.6) is 0 Å². The Hall–Kier alpha value is -1.37. The van der Waals surface area contributed by atoms with Gasteiger partial charge in [-0.05, 0) is 0 Å². The molecule has 7 N–H and O–H groups in total. The van der Waals surface area contributed by atoms with E-state index in [1.54, 1.807) is 0 Å². The number of carboxylic acids is 1. The van der Waals surface area contributed by atoms with Crippen molar-refractivity contribution in [3.8, 4) is 0 Å². The molecule has 1 saturated heterocycles. The summed E-state index contributed by atoms with van der Waals surface area (Å²) in [6.45, 7) is 0.0400. The Labute approximate surface area is 123 Å². The maximum Gasteiger partial charge on any atom is 0.367 e. The van der Waals surface area contributed by atoms with E-state index in [2.05, 4.69) is 4.74 Å². The van der Waals surface area contributed by atoms with Gasteiger partial charge in [-0.15, -0.1) is 0 Å². The third kappa shape index (κ3) is 3.34. The maximum absolute atomic E-state index is 13.9. The minimum atomic E-state index is -3.49. The molecule has 0 radical (unpaired) electrons. The van der Waals surface area contributed by atoms with E-state index in [1.807, 2.05) is 5.32 Å². The van der Waals surface area contributed by atoms with Gasteiger partial charge in [0.15, 0.2) is 6.17 Å². The topological polar surface area (TPSA) is 177 Å². The number of aliphatic carboxylic acids is 1. The number of alkyl halides is 1. The molecule has 1 unspecified atom stereocenters. The number of hydrogen-bond donors (Lipinski definition) is 7. The second-order valence-electron chi connectivity index (χ2n) is 4.94. The zero-order valence-electron chi connectivity index (χ0n) is 11.5. The van der Waals surface area contributed by atoms with Crippen LogP contribution in [0, 0.1) is 0 Å². The number of hydrogen-bond acceptors (Lipinski definition) is 8. The number of aliphatic hydroxyl groups excluding tert-OH is 4. The lowest BCUT2D eigenvalue weighted by Gasteiger charge is -2.46. The molecule has 0 aliphatic carbocycles. The van der Waals surface area contributed by atoms with E-state index >= 15 is 0 Å². The Kier molecular flexibility index (Phi) is 5.78. The average Bonchev–Trinajstić information content (AvgIpc) is 2.45. The van der Waals surface area contributed by atoms with Gasteiger partial charge in [-0.25, -0.2) is 9.18 Å². The van der Waals surface area contributed by atoms with Crippen LogP contribution in [0.25, 0.3) is 0 Å². The fourth-order valence-electron chi connectivity index (χ4n) is 2.13. The number of carbonyl (C=O) groups is 2. The van der Waals surface area contributed by atoms with Gasteiger partial charge in [-0.2, -0.15) is 0 Å². The predicted octanol–water partition coefficient (Wildman–Crippen LogP) is -3.92. The molecule has 0 saturated carbocycles. The van der Waals surface area contributed by atoms with Crippen molar-refractivity contribution in [1.82, 2.24) is 5.32 Å². The number of halogens is 1. The quantitative estimate of drug-likeness (QED) is 0.266. The predicted molar refractivity (Wildman–Crippen MR) is 65.1 cm³/mol. The molecule has 0 aromatic heterocycles. The summed E-state index contributed by atoms with van der Waals surface area (Å²) in [5, 5.41) is 58.4. The van der Waals surface area contributed by atoms with Crippen LogP contribution < -0.4 is 5.32 Å². The van der Waals surface area contributed by atoms with E-state index in [-0.39, 0.29) is 0 Å². The molecule has 1 aliphatic heterocycles. The number of aliphatic hydroxyl groups is 5. The normalized spacial score (nSPS) is 38.1. The highest BCUT2D eigenvalue weighted by Crippen LogP contribution is 2.32. The lowest BCUT2D eigenvalue weighted by Crippen LogP contribution is -2.72. The van der Waals surface area contributed by atoms with Crippen molar-refractivity contribution in [2.45, 2.75) is 49.3 Å². The van der Waals surface area contributed by atoms with Gasteiger partial charge in [0.05, 0.1) is 12.6 Å². The molecule has 0 aromatic rings. The van der Waals surface area contributed by atoms with Crippen LogP contribution in [0.3, 0.4) is 0 Å². The number of amides is 1. The van der Waals surface area contributed by atoms with E-state index in [9.17, 15) is 34.4 Å². The molecule has 10 nitrogen and oxygen atoms in total. The smallest absolute Gasteiger partial charge is 0.367 e. The van der Waals surface area contributed by atoms with Crippen molar-refractivity contribution in [2.75, 3.05) is 6.61 Å². The third-order valence-electron chi connectivity index (χ3n) is 3.31. The second-order valence-corrected chi connectivity index (χ2v) is 4.94. The Morgan fingerprint density at radius 1 is 1.41 bits per heavy atom. The number of rotatable bonds is 5. The highest BCUT2D eigenvalue weighted by molar-refractivity contribution is 5.77. The van der Waals surface area contributed by atoms with E-state index in [1.165, 1.54) is 0 Å². The summed E-state index contributed by atoms with van der Waals surface area (Å²) in [5.41, 5.74) is 0. The summed E-state index contributed by atoms with van der Waals surface area (Å²) < 4.78 is 18.5. The van der Waals surface area contributed by atoms with Gasteiger partial charge in [-0.1, -0.05) is 0 Å². The van der Waals surface area contributed by atoms with Crippen LogP contribution in [0.15, 0.2) is 0 Å². The molecule has 7 atom stereocenters. The fourth-order valence-corrected chi connectivity index (χ4v) is 2.13. The van der Waals surface area contributed by atoms with Crippen LogP contribution in [-0.2, 0) is 14.3 Å². The van der Waals surface area contributed by atoms with E-state index in [4.69, 9.17) is 10.2 Å². The van der Waals surface area contributed by atoms with Gasteiger partial charge in [0.1, 0.15) is 24.4 Å². The molecule has 1 rings (SSSR count). The highest BCUT2D eigenvalue weighted by Gasteiger charge is 2.61. The van der Waals surface area contributed by atoms with Gasteiger partial charge in [0.25, 0.3) is 0 Å². The number of ether oxygens (including phenoxy) is 1. The maximum atomic E-state index is 13.9. The largest absolute Gasteiger partial charge is 0.477 e. The summed E-state index contributed by atoms with van der Waals surface area (Å²) in [5.74, 6) is -6.43. The second kappa shape index (κ2) is 6.81. The summed E-state index contributed by atoms with van der Waals surface area (Å²) in [6, 6.07) is -1.66. The molecule has 1 amide bonds. The van der Waals surface area contributed by atoms with Gasteiger partial charge in [0.2, 0.25) is 5.91 Å². The number of nitrogens with one attached hydrogen (secondary N) is 1. The minimum absolute atomic E-state index is 0.767. The Balaban J connectivity index is 3.19. The Morgan fingerprint density at radius 3 is 2.36 bits per heavy atom. The first-order valence-corrected chi connectivity index (χ1v) is 6.26. The lowest BCUT2D eigenvalue weighted by molar-refractivity contribution is -0.320. The van der Waals surface area contributed by atoms with E-state index in [0.29, 0.717) is 0 Å². The summed E-state index contributed by atoms with van der Waals surface area (Å²) >= 11 is 0. The van der Waals surface area contributed by atoms with Crippen molar-refractivity contribution >= 4 is 11.9 Å². The highest BCUT2D eigenvalue weighted by atomic mass is 19.1. The minimum Gasteiger partial charge on any atom is -0.477 e. The van der Waals surface area contributed by atoms with E-state index in [0.717, 1.165) is 6.92 Å². The van der Waals surface area contributed by atoms with Crippen molar-refractivity contribution < 1.29 is 49.4 Å². The molecule has 1 aliphatic rings. The fraction of sp³-hybridized carbons (Fsp3) is 0.818. The summed E-state index contributed by atoms with van der Waals surface area (Å²) in [6.07, 6.45) is -10.8. The SMILES string of the molecule is CC(=O)N[C@@H]1[C@@H](O)[C@@H](F)C(O)(C(=O)O)O[C@H]1[C@H](O)[C@H](O)CO. The molecular weight excluding hydrogens is 309 g/mol. The van der Waals surface area contributed by atoms with Crippen molar-refractivity contribution in [3.63, 3.8) is 0 Å². The van der Waals surface area contributed by atoms with Crippen molar-refractivity contribution in [3.05, 3.63) is 0 Å². The number of carbonyl (C=O) groups excluding carboxylic acids is 1. The van der Waals surface area contributed by atoms with Crippen LogP contribution in [0.2, 0.25) is 0 Å². The zero-order chi connectivity index (χ0) is 17.2. The zero-order valence-corrected chi connectivity index (χ0v) is 11.5. The van der Waals surface area contributed by atoms with Gasteiger partial charge in [0, 0.05) is 6.92 Å². The molecule has 0 bridgehead atoms. The third-order valence-corrected chi connectivity index (χ3v) is 3.31. The standard InChI is InChI=1S/C11H18FNO9/c1-3(15)13-5-7(18)9(12)11(21,10(19)20)22-8(5)6(17)4(16)2-14/h4-9,14,16-18,21H,2H2,1H3,(H,13,15)(H,19,20)/t4-,5-,6-,7-,8-,9-,11?/m1/s1. The van der Waals surface area contributed by atoms with Gasteiger partial charge < -0.3 is 40.7 Å². The van der Waals surface area contributed by atoms with Crippen molar-refractivity contribution in [2.24, 2.45) is 0 Å². The molecular formula is C11H18FNO9. The van der Waals surface area contributed by atoms with Crippen LogP contribution in [0.1, 0.15) is 6.92 Å². The van der Waals surface area contributed by atoms with Crippen LogP contribution >= 0.6 is 0 Å². The molecule has 22 heavy (non-hydrogen) atoms. The van der Waals surface area contributed by atoms with Gasteiger partial charge >= 0.3 is 11.8 Å². The summed E-state index contributed by atoms with van der Waals surface area (Å²) in [7, 11) is 0. The van der Waals surface area contributed by atoms with Crippen LogP contribution in [0.4, 0.5) is 4.39 Å². The number of carboxylic acid groups (broad SMARTS) is 1. The monoisotopic (exact) mass is 327 g/mol. The molecule has 11 heteroatoms. The molecule has 0 aromatic carbocycles. The first-order valence-electron chi connectivity index (χ1n) is 6.26. The average molecular weight is 327 g/mol. The Bertz CT molecular complexity index is 436. The molecule has 128 valence electrons. The molecule has 1 fully saturated rings. The van der Waals surface area contributed by atoms with E-state index < -0.39 is 60.9 Å².